The van der Waals surface area contributed by atoms with Crippen molar-refractivity contribution in [3.05, 3.63) is 0 Å². The number of carboxylic acid groups (broad SMARTS) is 1. The van der Waals surface area contributed by atoms with Gasteiger partial charge in [-0.1, -0.05) is 0 Å². The number of sulfone groups is 1. The number of rotatable bonds is 5. The first-order chi connectivity index (χ1) is 7.23. The molecule has 0 aromatic rings. The molecule has 5 nitrogen and oxygen atoms in total. The lowest BCUT2D eigenvalue weighted by molar-refractivity contribution is -0.146. The number of carboxylic acids is 1. The summed E-state index contributed by atoms with van der Waals surface area (Å²) in [5, 5.41) is 11.9. The summed E-state index contributed by atoms with van der Waals surface area (Å²) in [4.78, 5) is 10.8. The third kappa shape index (κ3) is 3.75. The van der Waals surface area contributed by atoms with E-state index < -0.39 is 21.2 Å². The Kier molecular flexibility index (Phi) is 3.96. The maximum absolute atomic E-state index is 11.2. The lowest BCUT2D eigenvalue weighted by Gasteiger charge is -2.20. The van der Waals surface area contributed by atoms with Gasteiger partial charge in [-0.2, -0.15) is 0 Å². The number of hydrogen-bond donors (Lipinski definition) is 2. The van der Waals surface area contributed by atoms with Gasteiger partial charge in [0.15, 0.2) is 9.84 Å². The second kappa shape index (κ2) is 4.71. The molecule has 16 heavy (non-hydrogen) atoms. The van der Waals surface area contributed by atoms with E-state index in [2.05, 4.69) is 5.32 Å². The molecular weight excluding hydrogens is 230 g/mol. The van der Waals surface area contributed by atoms with Crippen LogP contribution in [0.1, 0.15) is 20.3 Å². The van der Waals surface area contributed by atoms with E-state index in [1.165, 1.54) is 0 Å². The van der Waals surface area contributed by atoms with Crippen molar-refractivity contribution in [1.29, 1.82) is 0 Å². The maximum atomic E-state index is 11.2. The first-order valence-electron chi connectivity index (χ1n) is 5.37. The Labute approximate surface area is 96.1 Å². The Morgan fingerprint density at radius 1 is 1.50 bits per heavy atom. The van der Waals surface area contributed by atoms with Crippen molar-refractivity contribution < 1.29 is 18.3 Å². The van der Waals surface area contributed by atoms with Crippen LogP contribution in [0.5, 0.6) is 0 Å². The zero-order valence-electron chi connectivity index (χ0n) is 9.69. The van der Waals surface area contributed by atoms with Crippen LogP contribution in [0, 0.1) is 11.3 Å². The topological polar surface area (TPSA) is 83.5 Å². The molecule has 2 N–H and O–H groups in total. The molecule has 0 saturated carbocycles. The fourth-order valence-corrected chi connectivity index (χ4v) is 3.56. The maximum Gasteiger partial charge on any atom is 0.310 e. The average molecular weight is 249 g/mol. The first-order valence-corrected chi connectivity index (χ1v) is 7.20. The van der Waals surface area contributed by atoms with Gasteiger partial charge < -0.3 is 10.4 Å². The van der Waals surface area contributed by atoms with Gasteiger partial charge in [0.25, 0.3) is 0 Å². The lowest BCUT2D eigenvalue weighted by atomic mass is 9.93. The molecule has 1 fully saturated rings. The van der Waals surface area contributed by atoms with E-state index >= 15 is 0 Å². The van der Waals surface area contributed by atoms with Gasteiger partial charge in [0.1, 0.15) is 0 Å². The highest BCUT2D eigenvalue weighted by Gasteiger charge is 2.30. The Hall–Kier alpha value is -0.620. The third-order valence-corrected chi connectivity index (χ3v) is 4.74. The molecule has 1 heterocycles. The van der Waals surface area contributed by atoms with Crippen molar-refractivity contribution in [2.24, 2.45) is 11.3 Å². The van der Waals surface area contributed by atoms with E-state index in [1.807, 2.05) is 0 Å². The molecular formula is C10H19NO4S. The van der Waals surface area contributed by atoms with Crippen molar-refractivity contribution in [2.75, 3.05) is 24.6 Å². The zero-order valence-corrected chi connectivity index (χ0v) is 10.5. The Morgan fingerprint density at radius 3 is 2.56 bits per heavy atom. The summed E-state index contributed by atoms with van der Waals surface area (Å²) in [6, 6.07) is 0. The normalized spacial score (nSPS) is 24.5. The second-order valence-electron chi connectivity index (χ2n) is 5.09. The minimum atomic E-state index is -2.83. The van der Waals surface area contributed by atoms with Gasteiger partial charge in [0, 0.05) is 6.54 Å². The fraction of sp³-hybridized carbons (Fsp3) is 0.900. The van der Waals surface area contributed by atoms with E-state index in [9.17, 15) is 13.2 Å². The summed E-state index contributed by atoms with van der Waals surface area (Å²) in [5.74, 6) is -0.219. The molecule has 1 unspecified atom stereocenters. The molecule has 0 aliphatic carbocycles. The molecule has 1 saturated heterocycles. The second-order valence-corrected chi connectivity index (χ2v) is 7.32. The van der Waals surface area contributed by atoms with Crippen molar-refractivity contribution in [3.8, 4) is 0 Å². The van der Waals surface area contributed by atoms with Crippen molar-refractivity contribution in [3.63, 3.8) is 0 Å². The number of aliphatic carboxylic acids is 1. The van der Waals surface area contributed by atoms with Gasteiger partial charge >= 0.3 is 5.97 Å². The van der Waals surface area contributed by atoms with Gasteiger partial charge in [-0.25, -0.2) is 8.42 Å². The number of nitrogens with one attached hydrogen (secondary N) is 1. The number of carbonyl (C=O) groups is 1. The molecule has 1 rings (SSSR count). The summed E-state index contributed by atoms with van der Waals surface area (Å²) in [7, 11) is -2.83. The Balaban J connectivity index is 2.30. The van der Waals surface area contributed by atoms with Crippen LogP contribution in [0.25, 0.3) is 0 Å². The predicted octanol–water partition coefficient (Wildman–Crippen LogP) is 0.122. The summed E-state index contributed by atoms with van der Waals surface area (Å²) >= 11 is 0. The van der Waals surface area contributed by atoms with Gasteiger partial charge in [-0.05, 0) is 32.7 Å². The summed E-state index contributed by atoms with van der Waals surface area (Å²) in [6.45, 7) is 4.23. The molecule has 0 amide bonds. The highest BCUT2D eigenvalue weighted by molar-refractivity contribution is 7.91. The lowest BCUT2D eigenvalue weighted by Crippen LogP contribution is -2.38. The van der Waals surface area contributed by atoms with Gasteiger partial charge in [0.2, 0.25) is 0 Å². The molecule has 1 aliphatic heterocycles. The molecule has 0 aromatic carbocycles. The van der Waals surface area contributed by atoms with E-state index in [4.69, 9.17) is 5.11 Å². The van der Waals surface area contributed by atoms with Crippen LogP contribution in [-0.2, 0) is 14.6 Å². The van der Waals surface area contributed by atoms with Crippen molar-refractivity contribution >= 4 is 15.8 Å². The molecule has 0 aromatic heterocycles. The van der Waals surface area contributed by atoms with Crippen LogP contribution in [0.2, 0.25) is 0 Å². The minimum Gasteiger partial charge on any atom is -0.481 e. The monoisotopic (exact) mass is 249 g/mol. The zero-order chi connectivity index (χ0) is 12.4. The van der Waals surface area contributed by atoms with Gasteiger partial charge in [-0.15, -0.1) is 0 Å². The molecule has 0 bridgehead atoms. The quantitative estimate of drug-likeness (QED) is 0.723. The van der Waals surface area contributed by atoms with E-state index in [1.54, 1.807) is 13.8 Å². The largest absolute Gasteiger partial charge is 0.481 e. The fourth-order valence-electron chi connectivity index (χ4n) is 1.70. The third-order valence-electron chi connectivity index (χ3n) is 2.91. The predicted molar refractivity (Wildman–Crippen MR) is 61.0 cm³/mol. The Morgan fingerprint density at radius 2 is 2.12 bits per heavy atom. The molecule has 94 valence electrons. The SMILES string of the molecule is CC(C)(CNCC1CCS(=O)(=O)C1)C(=O)O. The minimum absolute atomic E-state index is 0.134. The molecule has 0 radical (unpaired) electrons. The van der Waals surface area contributed by atoms with Crippen LogP contribution < -0.4 is 5.32 Å². The summed E-state index contributed by atoms with van der Waals surface area (Å²) in [6.07, 6.45) is 0.683. The van der Waals surface area contributed by atoms with Crippen molar-refractivity contribution in [1.82, 2.24) is 5.32 Å². The van der Waals surface area contributed by atoms with Crippen LogP contribution in [0.4, 0.5) is 0 Å². The van der Waals surface area contributed by atoms with Crippen LogP contribution in [0.15, 0.2) is 0 Å². The molecule has 1 atom stereocenters. The first kappa shape index (κ1) is 13.4. The highest BCUT2D eigenvalue weighted by Crippen LogP contribution is 2.18. The summed E-state index contributed by atoms with van der Waals surface area (Å²) in [5.41, 5.74) is -0.808. The Bertz CT molecular complexity index is 361. The standard InChI is InChI=1S/C10H19NO4S/c1-10(2,9(12)13)7-11-5-8-3-4-16(14,15)6-8/h8,11H,3-7H2,1-2H3,(H,12,13). The molecule has 1 aliphatic rings. The molecule has 6 heteroatoms. The summed E-state index contributed by atoms with van der Waals surface area (Å²) < 4.78 is 22.4. The number of hydrogen-bond acceptors (Lipinski definition) is 4. The van der Waals surface area contributed by atoms with Crippen molar-refractivity contribution in [2.45, 2.75) is 20.3 Å². The van der Waals surface area contributed by atoms with E-state index in [-0.39, 0.29) is 17.4 Å². The average Bonchev–Trinajstić information content (AvgIpc) is 2.45. The van der Waals surface area contributed by atoms with Gasteiger partial charge in [-0.3, -0.25) is 4.79 Å². The molecule has 0 spiro atoms. The van der Waals surface area contributed by atoms with Crippen LogP contribution >= 0.6 is 0 Å². The van der Waals surface area contributed by atoms with Gasteiger partial charge in [0.05, 0.1) is 16.9 Å². The van der Waals surface area contributed by atoms with E-state index in [0.717, 1.165) is 0 Å². The van der Waals surface area contributed by atoms with Crippen LogP contribution in [-0.4, -0.2) is 44.1 Å². The highest BCUT2D eigenvalue weighted by atomic mass is 32.2. The van der Waals surface area contributed by atoms with Crippen LogP contribution in [0.3, 0.4) is 0 Å². The van der Waals surface area contributed by atoms with E-state index in [0.29, 0.717) is 19.5 Å². The smallest absolute Gasteiger partial charge is 0.310 e.